The molecule has 0 saturated carbocycles. The second-order valence-corrected chi connectivity index (χ2v) is 25.6. The van der Waals surface area contributed by atoms with Crippen molar-refractivity contribution >= 4 is 103 Å². The highest BCUT2D eigenvalue weighted by atomic mass is 79.9. The Bertz CT molecular complexity index is 3510. The summed E-state index contributed by atoms with van der Waals surface area (Å²) in [6.45, 7) is 27.6. The molecule has 32 nitrogen and oxygen atoms in total. The van der Waals surface area contributed by atoms with Crippen LogP contribution >= 0.6 is 32.1 Å². The molecule has 0 amide bonds. The monoisotopic (exact) mass is 1670 g/mol. The van der Waals surface area contributed by atoms with Gasteiger partial charge in [-0.3, -0.25) is 14.1 Å². The average molecular weight is 1670 g/mol. The molecule has 11 rings (SSSR count). The second kappa shape index (κ2) is 61.7. The van der Waals surface area contributed by atoms with E-state index in [0.29, 0.717) is 183 Å². The van der Waals surface area contributed by atoms with Gasteiger partial charge in [0.05, 0.1) is 161 Å². The van der Waals surface area contributed by atoms with Crippen LogP contribution in [0.3, 0.4) is 0 Å². The fourth-order valence-corrected chi connectivity index (χ4v) is 11.7. The molecule has 2 N–H and O–H groups in total. The number of carboxylic acid groups (broad SMARTS) is 1. The third-order valence-electron chi connectivity index (χ3n) is 13.5. The number of aromatic carboxylic acids is 1. The molecule has 0 bridgehead atoms. The number of allylic oxidation sites excluding steroid dienone is 3. The van der Waals surface area contributed by atoms with Gasteiger partial charge in [0.1, 0.15) is 28.8 Å². The number of carboxylic acids is 1. The van der Waals surface area contributed by atoms with Crippen LogP contribution in [0.5, 0.6) is 0 Å². The lowest BCUT2D eigenvalue weighted by molar-refractivity contribution is -0.140. The van der Waals surface area contributed by atoms with E-state index < -0.39 is 28.3 Å². The van der Waals surface area contributed by atoms with E-state index in [1.807, 2.05) is 32.9 Å². The van der Waals surface area contributed by atoms with Crippen LogP contribution in [0.15, 0.2) is 145 Å². The minimum absolute atomic E-state index is 0. The number of halogens is 1. The predicted octanol–water partition coefficient (Wildman–Crippen LogP) is 15.6. The lowest BCUT2D eigenvalue weighted by Gasteiger charge is -2.18. The topological polar surface area (TPSA) is 398 Å². The molecule has 0 radical (unpaired) electrons. The maximum Gasteiger partial charge on any atom is 0.508 e. The van der Waals surface area contributed by atoms with Crippen molar-refractivity contribution in [1.29, 1.82) is 0 Å². The van der Waals surface area contributed by atoms with Crippen LogP contribution in [-0.4, -0.2) is 202 Å². The van der Waals surface area contributed by atoms with Gasteiger partial charge < -0.3 is 112 Å². The summed E-state index contributed by atoms with van der Waals surface area (Å²) in [5.41, 5.74) is 3.05. The molecule has 0 unspecified atom stereocenters. The molecule has 5 aliphatic heterocycles. The first-order chi connectivity index (χ1) is 53.4. The van der Waals surface area contributed by atoms with Crippen LogP contribution in [0.2, 0.25) is 0 Å². The van der Waals surface area contributed by atoms with Crippen molar-refractivity contribution < 1.29 is 151 Å². The summed E-state index contributed by atoms with van der Waals surface area (Å²) in [6, 6.07) is 20.8. The van der Waals surface area contributed by atoms with Gasteiger partial charge in [0, 0.05) is 52.9 Å². The van der Waals surface area contributed by atoms with Crippen LogP contribution in [0, 0.1) is 6.26 Å². The number of aldehydes is 1. The highest BCUT2D eigenvalue weighted by Crippen LogP contribution is 2.49. The number of alkyl halides is 1. The van der Waals surface area contributed by atoms with E-state index in [4.69, 9.17) is 97.5 Å². The van der Waals surface area contributed by atoms with Gasteiger partial charge in [-0.1, -0.05) is 28.1 Å². The smallest absolute Gasteiger partial charge is 0.508 e. The Morgan fingerprint density at radius 3 is 1.28 bits per heavy atom. The summed E-state index contributed by atoms with van der Waals surface area (Å²) in [4.78, 5) is 65.5. The SMILES string of the molecule is BrCCC1OCCO1.CCOC(=O)C(=Cc1ccco1)CC1OCCO1.CCOC(=O)C(=Cc1ccco1)CC1OCCO1.CCOC(=O)OCC.CCOC(=O)c1ccc2ccoc2c1.CCOP(=O)(CCC1OCCO1)OCC.CCOP(OCC)OCC.O=C(O)c1ccc2ccoc2c1.O=CC1=CC=[C+]O1.[OH-]. The number of fused-ring (bicyclic) bond motifs is 2. The summed E-state index contributed by atoms with van der Waals surface area (Å²) < 4.78 is 129. The van der Waals surface area contributed by atoms with Gasteiger partial charge in [0.15, 0.2) is 31.2 Å². The Morgan fingerprint density at radius 1 is 0.514 bits per heavy atom. The molecular weight excluding hydrogens is 1570 g/mol. The van der Waals surface area contributed by atoms with Gasteiger partial charge >= 0.3 is 52.0 Å². The molecule has 4 saturated heterocycles. The highest BCUT2D eigenvalue weighted by Gasteiger charge is 2.28. The van der Waals surface area contributed by atoms with Gasteiger partial charge in [-0.25, -0.2) is 24.0 Å². The molecule has 35 heteroatoms. The number of furan rings is 4. The van der Waals surface area contributed by atoms with E-state index in [9.17, 15) is 33.3 Å². The van der Waals surface area contributed by atoms with Crippen LogP contribution in [-0.2, 0) is 108 Å². The van der Waals surface area contributed by atoms with E-state index in [0.717, 1.165) is 35.7 Å². The summed E-state index contributed by atoms with van der Waals surface area (Å²) >= 11 is 3.30. The van der Waals surface area contributed by atoms with Crippen molar-refractivity contribution in [2.45, 2.75) is 120 Å². The largest absolute Gasteiger partial charge is 0.870 e. The summed E-state index contributed by atoms with van der Waals surface area (Å²) in [6.07, 6.45) is 16.7. The molecule has 2 aromatic carbocycles. The van der Waals surface area contributed by atoms with Crippen molar-refractivity contribution in [3.63, 3.8) is 0 Å². The zero-order valence-electron chi connectivity index (χ0n) is 64.3. The minimum Gasteiger partial charge on any atom is -0.870 e. The van der Waals surface area contributed by atoms with Crippen molar-refractivity contribution in [1.82, 2.24) is 0 Å². The number of rotatable bonds is 31. The number of carbonyl (C=O) groups is 6. The van der Waals surface area contributed by atoms with Crippen LogP contribution in [0.1, 0.15) is 127 Å². The van der Waals surface area contributed by atoms with Gasteiger partial charge in [0.2, 0.25) is 6.26 Å². The Labute approximate surface area is 656 Å². The standard InChI is InChI=1S/2C13H16O5.C11H10O3.C9H19O5P.C9H6O3.C6H15O3P.C5H9BrO2.C5H10O3.C5H3O2.H2O/c2*1-2-15-13(14)10(8-11-4-3-5-16-11)9-12-17-6-7-18-12;1-2-13-11(12)9-4-3-8-5-6-14-10(8)7-9;1-3-13-15(10,14-4-2)8-5-9-11-6-7-12-9;10-9(11)7-2-1-6-3-4-12-8(6)5-7;1-4-7-10(8-5-2)9-6-3;6-2-1-5-7-3-4-8-5;1-3-7-5(6)8-4-2;6-4-5-2-1-3-7-5;/h2*3-5,8,12H,2,6-7,9H2,1H3;3-7H,2H2,1H3;9H,3-8H2,1-2H3;1-5H,(H,10,11);4-6H2,1-3H3;5H,1-4H2;3-4H2,1-2H3;1-2,4H;1H2/q;;;;;;;;+1;/p-1. The summed E-state index contributed by atoms with van der Waals surface area (Å²) in [5.74, 6) is -0.452. The molecule has 9 heterocycles. The average Bonchev–Trinajstić information content (AvgIpc) is 1.74. The number of hydrogen-bond acceptors (Lipinski definition) is 31. The first kappa shape index (κ1) is 99.2. The van der Waals surface area contributed by atoms with E-state index in [2.05, 4.69) is 36.4 Å². The van der Waals surface area contributed by atoms with Crippen LogP contribution < -0.4 is 0 Å². The van der Waals surface area contributed by atoms with E-state index in [1.165, 1.54) is 12.3 Å². The van der Waals surface area contributed by atoms with Gasteiger partial charge in [-0.05, 0) is 142 Å². The maximum atomic E-state index is 12.0. The molecule has 4 aromatic heterocycles. The predicted molar refractivity (Wildman–Crippen MR) is 408 cm³/mol. The second-order valence-electron chi connectivity index (χ2n) is 21.4. The molecular formula is C76H105BrO32P2. The van der Waals surface area contributed by atoms with Gasteiger partial charge in [-0.2, -0.15) is 0 Å². The molecule has 0 spiro atoms. The first-order valence-corrected chi connectivity index (χ1v) is 39.8. The Hall–Kier alpha value is -7.85. The zero-order valence-corrected chi connectivity index (χ0v) is 67.7. The van der Waals surface area contributed by atoms with E-state index >= 15 is 0 Å². The quantitative estimate of drug-likeness (QED) is 0.00803. The summed E-state index contributed by atoms with van der Waals surface area (Å²) in [5, 5.41) is 11.5. The lowest BCUT2D eigenvalue weighted by Crippen LogP contribution is -2.15. The first-order valence-electron chi connectivity index (χ1n) is 35.8. The van der Waals surface area contributed by atoms with E-state index in [1.54, 1.807) is 146 Å². The van der Waals surface area contributed by atoms with E-state index in [-0.39, 0.29) is 54.1 Å². The Balaban J connectivity index is 0.000000430. The fraction of sp³-hybridized carbons (Fsp3) is 0.500. The number of ether oxygens (including phenoxy) is 14. The third-order valence-corrected chi connectivity index (χ3v) is 17.4. The lowest BCUT2D eigenvalue weighted by atomic mass is 10.1. The van der Waals surface area contributed by atoms with Crippen molar-refractivity contribution in [2.75, 3.05) is 130 Å². The van der Waals surface area contributed by atoms with Gasteiger partial charge in [-0.15, -0.1) is 0 Å². The summed E-state index contributed by atoms with van der Waals surface area (Å²) in [7, 11) is -3.99. The number of hydrogen-bond donors (Lipinski definition) is 1. The molecule has 6 aromatic rings. The molecule has 4 fully saturated rings. The third kappa shape index (κ3) is 43.1. The highest BCUT2D eigenvalue weighted by molar-refractivity contribution is 9.09. The molecule has 618 valence electrons. The molecule has 0 aliphatic carbocycles. The Morgan fingerprint density at radius 2 is 0.928 bits per heavy atom. The minimum atomic E-state index is -2.93. The number of carbonyl (C=O) groups excluding carboxylic acids is 5. The van der Waals surface area contributed by atoms with Crippen LogP contribution in [0.25, 0.3) is 34.1 Å². The molecule has 5 aliphatic rings. The van der Waals surface area contributed by atoms with Gasteiger partial charge in [0.25, 0.3) is 6.29 Å². The zero-order chi connectivity index (χ0) is 80.4. The molecule has 0 atom stereocenters. The van der Waals surface area contributed by atoms with Crippen molar-refractivity contribution in [3.05, 3.63) is 156 Å². The van der Waals surface area contributed by atoms with Crippen molar-refractivity contribution in [2.24, 2.45) is 0 Å². The number of benzene rings is 2. The fourth-order valence-electron chi connectivity index (χ4n) is 8.81. The van der Waals surface area contributed by atoms with Crippen molar-refractivity contribution in [3.8, 4) is 0 Å². The number of esters is 3. The normalized spacial score (nSPS) is 14.5. The maximum absolute atomic E-state index is 12.0. The van der Waals surface area contributed by atoms with Crippen LogP contribution in [0.4, 0.5) is 4.79 Å². The molecule has 111 heavy (non-hydrogen) atoms. The Kier molecular flexibility index (Phi) is 55.2.